The Hall–Kier alpha value is -4.08. The van der Waals surface area contributed by atoms with E-state index in [1.807, 2.05) is 19.1 Å². The monoisotopic (exact) mass is 484 g/mol. The predicted molar refractivity (Wildman–Crippen MR) is 123 cm³/mol. The highest BCUT2D eigenvalue weighted by molar-refractivity contribution is 5.43. The van der Waals surface area contributed by atoms with E-state index in [1.54, 1.807) is 32.5 Å². The first-order valence-corrected chi connectivity index (χ1v) is 10.7. The second kappa shape index (κ2) is 9.65. The van der Waals surface area contributed by atoms with Gasteiger partial charge in [0.15, 0.2) is 17.3 Å². The normalized spacial score (nSPS) is 12.4. The Labute approximate surface area is 199 Å². The molecule has 182 valence electrons. The highest BCUT2D eigenvalue weighted by Crippen LogP contribution is 2.31. The van der Waals surface area contributed by atoms with Gasteiger partial charge in [-0.1, -0.05) is 25.1 Å². The lowest BCUT2D eigenvalue weighted by Crippen LogP contribution is -2.15. The van der Waals surface area contributed by atoms with Crippen molar-refractivity contribution < 1.29 is 22.6 Å². The topological polar surface area (TPSA) is 82.0 Å². The summed E-state index contributed by atoms with van der Waals surface area (Å²) in [4.78, 5) is 19.6. The van der Waals surface area contributed by atoms with E-state index in [0.717, 1.165) is 17.7 Å². The van der Waals surface area contributed by atoms with E-state index < -0.39 is 11.7 Å². The van der Waals surface area contributed by atoms with E-state index in [9.17, 15) is 18.0 Å². The Morgan fingerprint density at radius 2 is 1.71 bits per heavy atom. The van der Waals surface area contributed by atoms with E-state index in [1.165, 1.54) is 22.9 Å². The summed E-state index contributed by atoms with van der Waals surface area (Å²) in [6.45, 7) is 1.85. The van der Waals surface area contributed by atoms with Crippen LogP contribution in [-0.2, 0) is 12.6 Å². The molecule has 1 unspecified atom stereocenters. The maximum Gasteiger partial charge on any atom is 0.416 e. The summed E-state index contributed by atoms with van der Waals surface area (Å²) in [5, 5.41) is 4.51. The van der Waals surface area contributed by atoms with Gasteiger partial charge in [0.1, 0.15) is 5.82 Å². The molecule has 0 aliphatic heterocycles. The van der Waals surface area contributed by atoms with Crippen LogP contribution in [0.2, 0.25) is 0 Å². The molecular weight excluding hydrogens is 461 g/mol. The number of methoxy groups -OCH3 is 2. The molecule has 4 rings (SSSR count). The van der Waals surface area contributed by atoms with Crippen LogP contribution in [0.1, 0.15) is 41.1 Å². The number of H-pyrrole nitrogens is 1. The lowest BCUT2D eigenvalue weighted by Gasteiger charge is -2.12. The summed E-state index contributed by atoms with van der Waals surface area (Å²) in [6.07, 6.45) is -2.37. The van der Waals surface area contributed by atoms with Gasteiger partial charge in [0.2, 0.25) is 0 Å². The van der Waals surface area contributed by atoms with Gasteiger partial charge in [0.25, 0.3) is 5.56 Å². The van der Waals surface area contributed by atoms with Gasteiger partial charge in [-0.15, -0.1) is 0 Å². The first-order valence-electron chi connectivity index (χ1n) is 10.7. The standard InChI is InChI=1S/C25H23F3N4O3/c1-15(17-5-7-18(8-6-17)25(26,27)28)19-10-11-32(31-19)23-14-24(33)30-22(29-23)13-16-4-9-20(34-2)21(12-16)35-3/h4-12,14-15H,13H2,1-3H3,(H,29,30,33). The fraction of sp³-hybridized carbons (Fsp3) is 0.240. The van der Waals surface area contributed by atoms with Gasteiger partial charge >= 0.3 is 6.18 Å². The minimum absolute atomic E-state index is 0.258. The number of aromatic amines is 1. The summed E-state index contributed by atoms with van der Waals surface area (Å²) in [5.74, 6) is 1.67. The van der Waals surface area contributed by atoms with Crippen molar-refractivity contribution in [1.29, 1.82) is 0 Å². The van der Waals surface area contributed by atoms with E-state index in [0.29, 0.717) is 40.8 Å². The van der Waals surface area contributed by atoms with Gasteiger partial charge in [-0.05, 0) is 41.5 Å². The van der Waals surface area contributed by atoms with Crippen molar-refractivity contribution >= 4 is 0 Å². The molecule has 2 heterocycles. The van der Waals surface area contributed by atoms with Gasteiger partial charge in [0.05, 0.1) is 25.5 Å². The number of alkyl halides is 3. The minimum atomic E-state index is -4.38. The van der Waals surface area contributed by atoms with Crippen LogP contribution in [0.3, 0.4) is 0 Å². The average molecular weight is 484 g/mol. The molecular formula is C25H23F3N4O3. The molecule has 0 amide bonds. The second-order valence-corrected chi connectivity index (χ2v) is 7.94. The van der Waals surface area contributed by atoms with Crippen molar-refractivity contribution in [3.8, 4) is 17.3 Å². The Bertz CT molecular complexity index is 1380. The number of aromatic nitrogens is 4. The zero-order valence-electron chi connectivity index (χ0n) is 19.3. The molecule has 0 bridgehead atoms. The molecule has 1 N–H and O–H groups in total. The molecule has 7 nitrogen and oxygen atoms in total. The number of hydrogen-bond donors (Lipinski definition) is 1. The maximum atomic E-state index is 12.8. The summed E-state index contributed by atoms with van der Waals surface area (Å²) in [6, 6.07) is 13.5. The van der Waals surface area contributed by atoms with Gasteiger partial charge in [0, 0.05) is 24.6 Å². The third-order valence-electron chi connectivity index (χ3n) is 5.62. The Balaban J connectivity index is 1.57. The quantitative estimate of drug-likeness (QED) is 0.410. The van der Waals surface area contributed by atoms with Gasteiger partial charge in [-0.25, -0.2) is 9.67 Å². The van der Waals surface area contributed by atoms with E-state index in [4.69, 9.17) is 9.47 Å². The van der Waals surface area contributed by atoms with Crippen LogP contribution >= 0.6 is 0 Å². The molecule has 0 saturated heterocycles. The number of halogens is 3. The third kappa shape index (κ3) is 5.37. The average Bonchev–Trinajstić information content (AvgIpc) is 3.33. The predicted octanol–water partition coefficient (Wildman–Crippen LogP) is 4.73. The summed E-state index contributed by atoms with van der Waals surface area (Å²) >= 11 is 0. The van der Waals surface area contributed by atoms with Crippen LogP contribution in [0.25, 0.3) is 5.82 Å². The van der Waals surface area contributed by atoms with Crippen LogP contribution in [0.4, 0.5) is 13.2 Å². The van der Waals surface area contributed by atoms with Crippen molar-refractivity contribution in [3.63, 3.8) is 0 Å². The van der Waals surface area contributed by atoms with E-state index >= 15 is 0 Å². The van der Waals surface area contributed by atoms with Crippen molar-refractivity contribution in [2.75, 3.05) is 14.2 Å². The molecule has 35 heavy (non-hydrogen) atoms. The Morgan fingerprint density at radius 1 is 1.00 bits per heavy atom. The minimum Gasteiger partial charge on any atom is -0.493 e. The highest BCUT2D eigenvalue weighted by atomic mass is 19.4. The second-order valence-electron chi connectivity index (χ2n) is 7.94. The van der Waals surface area contributed by atoms with Crippen LogP contribution < -0.4 is 15.0 Å². The zero-order valence-corrected chi connectivity index (χ0v) is 19.3. The van der Waals surface area contributed by atoms with E-state index in [-0.39, 0.29) is 11.5 Å². The van der Waals surface area contributed by atoms with Crippen LogP contribution in [0.5, 0.6) is 11.5 Å². The number of rotatable bonds is 7. The summed E-state index contributed by atoms with van der Waals surface area (Å²) in [7, 11) is 3.10. The van der Waals surface area contributed by atoms with Crippen LogP contribution in [0.15, 0.2) is 65.6 Å². The largest absolute Gasteiger partial charge is 0.493 e. The van der Waals surface area contributed by atoms with Crippen molar-refractivity contribution in [3.05, 3.63) is 99.4 Å². The third-order valence-corrected chi connectivity index (χ3v) is 5.62. The number of benzene rings is 2. The molecule has 0 radical (unpaired) electrons. The first-order chi connectivity index (χ1) is 16.7. The maximum absolute atomic E-state index is 12.8. The Morgan fingerprint density at radius 3 is 2.37 bits per heavy atom. The SMILES string of the molecule is COc1ccc(Cc2nc(-n3ccc(C(C)c4ccc(C(F)(F)F)cc4)n3)cc(=O)[nH]2)cc1OC. The fourth-order valence-electron chi connectivity index (χ4n) is 3.71. The molecule has 0 fully saturated rings. The number of ether oxygens (including phenoxy) is 2. The van der Waals surface area contributed by atoms with Gasteiger partial charge in [-0.3, -0.25) is 4.79 Å². The molecule has 0 aliphatic rings. The van der Waals surface area contributed by atoms with Crippen molar-refractivity contribution in [2.45, 2.75) is 25.4 Å². The number of nitrogens with one attached hydrogen (secondary N) is 1. The highest BCUT2D eigenvalue weighted by Gasteiger charge is 2.30. The number of nitrogens with zero attached hydrogens (tertiary/aromatic N) is 3. The smallest absolute Gasteiger partial charge is 0.416 e. The van der Waals surface area contributed by atoms with Crippen molar-refractivity contribution in [2.24, 2.45) is 0 Å². The van der Waals surface area contributed by atoms with E-state index in [2.05, 4.69) is 15.1 Å². The van der Waals surface area contributed by atoms with Crippen LogP contribution in [-0.4, -0.2) is 34.0 Å². The summed E-state index contributed by atoms with van der Waals surface area (Å²) < 4.78 is 50.6. The molecule has 1 atom stereocenters. The zero-order chi connectivity index (χ0) is 25.2. The Kier molecular flexibility index (Phi) is 6.63. The first kappa shape index (κ1) is 24.1. The lowest BCUT2D eigenvalue weighted by molar-refractivity contribution is -0.137. The molecule has 10 heteroatoms. The lowest BCUT2D eigenvalue weighted by atomic mass is 9.97. The molecule has 0 aliphatic carbocycles. The molecule has 2 aromatic carbocycles. The van der Waals surface area contributed by atoms with Crippen LogP contribution in [0, 0.1) is 0 Å². The number of hydrogen-bond acceptors (Lipinski definition) is 5. The van der Waals surface area contributed by atoms with Crippen molar-refractivity contribution in [1.82, 2.24) is 19.7 Å². The molecule has 2 aromatic heterocycles. The summed E-state index contributed by atoms with van der Waals surface area (Å²) in [5.41, 5.74) is 1.15. The van der Waals surface area contributed by atoms with Gasteiger partial charge < -0.3 is 14.5 Å². The molecule has 0 spiro atoms. The molecule has 0 saturated carbocycles. The van der Waals surface area contributed by atoms with Gasteiger partial charge in [-0.2, -0.15) is 18.3 Å². The fourth-order valence-corrected chi connectivity index (χ4v) is 3.71. The molecule has 4 aromatic rings.